The Morgan fingerprint density at radius 3 is 2.56 bits per heavy atom. The molecular weight excluding hydrogens is 358 g/mol. The number of carbonyl (C=O) groups is 2. The van der Waals surface area contributed by atoms with Crippen LogP contribution in [0, 0.1) is 0 Å². The van der Waals surface area contributed by atoms with E-state index in [9.17, 15) is 9.59 Å². The summed E-state index contributed by atoms with van der Waals surface area (Å²) in [6, 6.07) is 6.83. The molecule has 25 heavy (non-hydrogen) atoms. The van der Waals surface area contributed by atoms with E-state index < -0.39 is 0 Å². The molecule has 134 valence electrons. The normalized spacial score (nSPS) is 10.4. The number of thioether (sulfide) groups is 1. The van der Waals surface area contributed by atoms with Crippen molar-refractivity contribution in [2.45, 2.75) is 17.7 Å². The molecule has 2 rings (SSSR count). The molecule has 0 aliphatic rings. The lowest BCUT2D eigenvalue weighted by atomic mass is 10.2. The third kappa shape index (κ3) is 6.02. The van der Waals surface area contributed by atoms with Crippen LogP contribution in [0.2, 0.25) is 0 Å². The summed E-state index contributed by atoms with van der Waals surface area (Å²) in [5, 5.41) is 14.8. The summed E-state index contributed by atoms with van der Waals surface area (Å²) >= 11 is 2.78. The van der Waals surface area contributed by atoms with Gasteiger partial charge in [0, 0.05) is 31.9 Å². The van der Waals surface area contributed by atoms with Crippen LogP contribution in [0.5, 0.6) is 0 Å². The molecule has 0 spiro atoms. The quantitative estimate of drug-likeness (QED) is 0.686. The first-order valence-corrected chi connectivity index (χ1v) is 9.61. The highest BCUT2D eigenvalue weighted by Crippen LogP contribution is 2.25. The fourth-order valence-corrected chi connectivity index (χ4v) is 3.43. The lowest BCUT2D eigenvalue weighted by molar-refractivity contribution is -0.113. The molecule has 0 unspecified atom stereocenters. The van der Waals surface area contributed by atoms with E-state index in [0.29, 0.717) is 11.3 Å². The molecule has 1 aromatic heterocycles. The van der Waals surface area contributed by atoms with Crippen molar-refractivity contribution in [2.24, 2.45) is 0 Å². The van der Waals surface area contributed by atoms with Crippen molar-refractivity contribution in [3.8, 4) is 0 Å². The van der Waals surface area contributed by atoms with E-state index in [4.69, 9.17) is 0 Å². The summed E-state index contributed by atoms with van der Waals surface area (Å²) in [4.78, 5) is 25.4. The first kappa shape index (κ1) is 19.2. The molecule has 1 heterocycles. The van der Waals surface area contributed by atoms with Crippen molar-refractivity contribution in [1.82, 2.24) is 15.1 Å². The van der Waals surface area contributed by atoms with E-state index in [-0.39, 0.29) is 17.6 Å². The van der Waals surface area contributed by atoms with Gasteiger partial charge in [0.2, 0.25) is 11.0 Å². The SMILES string of the molecule is CCCNc1nnc(SCC(=O)Nc2ccc(C(=O)N(C)C)cc2)s1. The van der Waals surface area contributed by atoms with E-state index in [1.54, 1.807) is 38.4 Å². The zero-order valence-corrected chi connectivity index (χ0v) is 16.0. The van der Waals surface area contributed by atoms with Crippen molar-refractivity contribution in [1.29, 1.82) is 0 Å². The Morgan fingerprint density at radius 1 is 1.20 bits per heavy atom. The molecule has 0 bridgehead atoms. The number of benzene rings is 1. The maximum Gasteiger partial charge on any atom is 0.253 e. The Kier molecular flexibility index (Phi) is 7.20. The molecule has 1 aromatic carbocycles. The van der Waals surface area contributed by atoms with E-state index >= 15 is 0 Å². The molecule has 0 atom stereocenters. The van der Waals surface area contributed by atoms with E-state index in [0.717, 1.165) is 22.4 Å². The monoisotopic (exact) mass is 379 g/mol. The second-order valence-corrected chi connectivity index (χ2v) is 7.61. The van der Waals surface area contributed by atoms with Crippen LogP contribution in [0.1, 0.15) is 23.7 Å². The molecular formula is C16H21N5O2S2. The minimum atomic E-state index is -0.130. The van der Waals surface area contributed by atoms with Crippen molar-refractivity contribution in [2.75, 3.05) is 37.0 Å². The minimum absolute atomic E-state index is 0.0720. The maximum atomic E-state index is 12.0. The lowest BCUT2D eigenvalue weighted by Gasteiger charge is -2.10. The number of rotatable bonds is 8. The molecule has 2 N–H and O–H groups in total. The Bertz CT molecular complexity index is 716. The van der Waals surface area contributed by atoms with Gasteiger partial charge in [0.1, 0.15) is 0 Å². The molecule has 0 radical (unpaired) electrons. The van der Waals surface area contributed by atoms with Crippen LogP contribution in [0.3, 0.4) is 0 Å². The lowest BCUT2D eigenvalue weighted by Crippen LogP contribution is -2.21. The van der Waals surface area contributed by atoms with E-state index in [1.807, 2.05) is 0 Å². The van der Waals surface area contributed by atoms with Gasteiger partial charge in [-0.05, 0) is 30.7 Å². The fourth-order valence-electron chi connectivity index (χ4n) is 1.85. The Hall–Kier alpha value is -2.13. The predicted molar refractivity (Wildman–Crippen MR) is 103 cm³/mol. The van der Waals surface area contributed by atoms with E-state index in [1.165, 1.54) is 28.0 Å². The van der Waals surface area contributed by atoms with Crippen LogP contribution in [0.4, 0.5) is 10.8 Å². The van der Waals surface area contributed by atoms with Gasteiger partial charge in [-0.2, -0.15) is 0 Å². The molecule has 0 saturated heterocycles. The molecule has 0 fully saturated rings. The number of carbonyl (C=O) groups excluding carboxylic acids is 2. The Labute approximate surface area is 155 Å². The number of nitrogens with zero attached hydrogens (tertiary/aromatic N) is 3. The van der Waals surface area contributed by atoms with Gasteiger partial charge >= 0.3 is 0 Å². The molecule has 2 amide bonds. The molecule has 0 aliphatic heterocycles. The number of anilines is 2. The van der Waals surface area contributed by atoms with Gasteiger partial charge in [-0.3, -0.25) is 9.59 Å². The summed E-state index contributed by atoms with van der Waals surface area (Å²) < 4.78 is 0.751. The van der Waals surface area contributed by atoms with E-state index in [2.05, 4.69) is 27.8 Å². The zero-order valence-electron chi connectivity index (χ0n) is 14.4. The molecule has 0 saturated carbocycles. The highest BCUT2D eigenvalue weighted by Gasteiger charge is 2.10. The van der Waals surface area contributed by atoms with Gasteiger partial charge in [-0.25, -0.2) is 0 Å². The highest BCUT2D eigenvalue weighted by molar-refractivity contribution is 8.01. The van der Waals surface area contributed by atoms with Gasteiger partial charge in [-0.1, -0.05) is 30.0 Å². The first-order chi connectivity index (χ1) is 12.0. The molecule has 7 nitrogen and oxygen atoms in total. The average molecular weight is 380 g/mol. The van der Waals surface area contributed by atoms with Crippen LogP contribution < -0.4 is 10.6 Å². The third-order valence-corrected chi connectivity index (χ3v) is 5.10. The summed E-state index contributed by atoms with van der Waals surface area (Å²) in [7, 11) is 3.40. The largest absolute Gasteiger partial charge is 0.360 e. The Balaban J connectivity index is 1.82. The summed E-state index contributed by atoms with van der Waals surface area (Å²) in [6.45, 7) is 2.93. The maximum absolute atomic E-state index is 12.0. The first-order valence-electron chi connectivity index (χ1n) is 7.81. The van der Waals surface area contributed by atoms with Crippen molar-refractivity contribution >= 4 is 45.7 Å². The number of hydrogen-bond acceptors (Lipinski definition) is 7. The van der Waals surface area contributed by atoms with Crippen LogP contribution in [0.25, 0.3) is 0 Å². The number of amides is 2. The molecule has 2 aromatic rings. The second-order valence-electron chi connectivity index (χ2n) is 5.41. The fraction of sp³-hybridized carbons (Fsp3) is 0.375. The number of hydrogen-bond donors (Lipinski definition) is 2. The smallest absolute Gasteiger partial charge is 0.253 e. The summed E-state index contributed by atoms with van der Waals surface area (Å²) in [5.41, 5.74) is 1.24. The van der Waals surface area contributed by atoms with Crippen molar-refractivity contribution in [3.05, 3.63) is 29.8 Å². The number of aromatic nitrogens is 2. The van der Waals surface area contributed by atoms with Crippen LogP contribution in [0.15, 0.2) is 28.6 Å². The topological polar surface area (TPSA) is 87.2 Å². The summed E-state index contributed by atoms with van der Waals surface area (Å²) in [6.07, 6.45) is 1.02. The van der Waals surface area contributed by atoms with Gasteiger partial charge in [-0.15, -0.1) is 10.2 Å². The van der Waals surface area contributed by atoms with Crippen LogP contribution in [-0.2, 0) is 4.79 Å². The molecule has 9 heteroatoms. The van der Waals surface area contributed by atoms with Gasteiger partial charge in [0.05, 0.1) is 5.75 Å². The van der Waals surface area contributed by atoms with Crippen molar-refractivity contribution in [3.63, 3.8) is 0 Å². The standard InChI is InChI=1S/C16H21N5O2S2/c1-4-9-17-15-19-20-16(25-15)24-10-13(22)18-12-7-5-11(6-8-12)14(23)21(2)3/h5-8H,4,9-10H2,1-3H3,(H,17,19)(H,18,22). The second kappa shape index (κ2) is 9.38. The highest BCUT2D eigenvalue weighted by atomic mass is 32.2. The molecule has 0 aliphatic carbocycles. The van der Waals surface area contributed by atoms with Gasteiger partial charge in [0.25, 0.3) is 5.91 Å². The van der Waals surface area contributed by atoms with Crippen molar-refractivity contribution < 1.29 is 9.59 Å². The average Bonchev–Trinajstić information content (AvgIpc) is 3.06. The predicted octanol–water partition coefficient (Wildman–Crippen LogP) is 2.79. The third-order valence-electron chi connectivity index (χ3n) is 3.08. The zero-order chi connectivity index (χ0) is 18.2. The van der Waals surface area contributed by atoms with Crippen LogP contribution >= 0.6 is 23.1 Å². The summed E-state index contributed by atoms with van der Waals surface area (Å²) in [5.74, 6) is 0.0491. The van der Waals surface area contributed by atoms with Crippen LogP contribution in [-0.4, -0.2) is 53.3 Å². The number of nitrogens with one attached hydrogen (secondary N) is 2. The Morgan fingerprint density at radius 2 is 1.92 bits per heavy atom. The van der Waals surface area contributed by atoms with Gasteiger partial charge in [0.15, 0.2) is 4.34 Å². The van der Waals surface area contributed by atoms with Gasteiger partial charge < -0.3 is 15.5 Å². The minimum Gasteiger partial charge on any atom is -0.360 e.